The number of aromatic nitrogens is 1. The van der Waals surface area contributed by atoms with Crippen molar-refractivity contribution in [2.45, 2.75) is 20.8 Å². The maximum Gasteiger partial charge on any atom is 0.270 e. The van der Waals surface area contributed by atoms with Gasteiger partial charge in [-0.2, -0.15) is 0 Å². The smallest absolute Gasteiger partial charge is 0.270 e. The van der Waals surface area contributed by atoms with E-state index in [9.17, 15) is 9.59 Å². The highest BCUT2D eigenvalue weighted by Gasteiger charge is 2.36. The van der Waals surface area contributed by atoms with Crippen molar-refractivity contribution in [1.29, 1.82) is 0 Å². The van der Waals surface area contributed by atoms with Crippen molar-refractivity contribution < 1.29 is 9.59 Å². The zero-order chi connectivity index (χ0) is 24.0. The van der Waals surface area contributed by atoms with Crippen LogP contribution in [0.3, 0.4) is 0 Å². The molecule has 0 radical (unpaired) electrons. The second kappa shape index (κ2) is 9.06. The zero-order valence-electron chi connectivity index (χ0n) is 17.9. The van der Waals surface area contributed by atoms with Crippen LogP contribution in [-0.2, 0) is 9.59 Å². The lowest BCUT2D eigenvalue weighted by Gasteiger charge is -2.29. The summed E-state index contributed by atoms with van der Waals surface area (Å²) in [6, 6.07) is 12.9. The molecule has 1 saturated heterocycles. The first kappa shape index (κ1) is 23.7. The van der Waals surface area contributed by atoms with Crippen molar-refractivity contribution in [2.75, 3.05) is 4.90 Å². The van der Waals surface area contributed by atoms with Crippen molar-refractivity contribution in [3.63, 3.8) is 0 Å². The third-order valence-electron chi connectivity index (χ3n) is 5.44. The Morgan fingerprint density at radius 1 is 1.06 bits per heavy atom. The summed E-state index contributed by atoms with van der Waals surface area (Å²) in [6.45, 7) is 5.94. The van der Waals surface area contributed by atoms with Crippen molar-refractivity contribution in [2.24, 2.45) is 0 Å². The molecule has 168 valence electrons. The van der Waals surface area contributed by atoms with Gasteiger partial charge in [0.2, 0.25) is 0 Å². The van der Waals surface area contributed by atoms with Crippen LogP contribution >= 0.6 is 51.3 Å². The molecule has 1 aromatic heterocycles. The first-order chi connectivity index (χ1) is 15.6. The van der Waals surface area contributed by atoms with Gasteiger partial charge in [0.05, 0.1) is 15.7 Å². The zero-order valence-corrected chi connectivity index (χ0v) is 21.8. The lowest BCUT2D eigenvalue weighted by Crippen LogP contribution is -2.54. The minimum Gasteiger partial charge on any atom is -0.318 e. The predicted molar refractivity (Wildman–Crippen MR) is 140 cm³/mol. The van der Waals surface area contributed by atoms with Gasteiger partial charge in [0.1, 0.15) is 5.57 Å². The molecule has 2 aromatic carbocycles. The number of halogens is 3. The van der Waals surface area contributed by atoms with E-state index in [1.807, 2.05) is 39.0 Å². The van der Waals surface area contributed by atoms with Gasteiger partial charge in [-0.15, -0.1) is 0 Å². The quantitative estimate of drug-likeness (QED) is 0.231. The monoisotopic (exact) mass is 561 g/mol. The molecule has 9 heteroatoms. The van der Waals surface area contributed by atoms with Crippen LogP contribution in [0, 0.1) is 20.8 Å². The summed E-state index contributed by atoms with van der Waals surface area (Å²) in [4.78, 5) is 27.3. The predicted octanol–water partition coefficient (Wildman–Crippen LogP) is 6.30. The van der Waals surface area contributed by atoms with Gasteiger partial charge in [-0.05, 0) is 86.6 Å². The van der Waals surface area contributed by atoms with Crippen molar-refractivity contribution in [1.82, 2.24) is 9.88 Å². The van der Waals surface area contributed by atoms with E-state index in [0.29, 0.717) is 5.69 Å². The molecule has 2 heterocycles. The standard InChI is InChI=1S/C24H18BrCl2N3O2S/c1-12-9-16(7-8-18(12)25)29-13(2)10-15(14(29)3)11-17-22(31)28-24(33)30(23(17)32)20-6-4-5-19(26)21(20)27/h4-11H,1-3H3,(H,28,31,33). The van der Waals surface area contributed by atoms with Gasteiger partial charge >= 0.3 is 0 Å². The minimum absolute atomic E-state index is 0.0492. The molecule has 1 N–H and O–H groups in total. The van der Waals surface area contributed by atoms with Gasteiger partial charge in [0, 0.05) is 21.5 Å². The topological polar surface area (TPSA) is 54.3 Å². The Labute approximate surface area is 215 Å². The highest BCUT2D eigenvalue weighted by Crippen LogP contribution is 2.35. The molecular formula is C24H18BrCl2N3O2S. The summed E-state index contributed by atoms with van der Waals surface area (Å²) >= 11 is 21.2. The molecule has 33 heavy (non-hydrogen) atoms. The van der Waals surface area contributed by atoms with Crippen LogP contribution in [0.1, 0.15) is 22.5 Å². The van der Waals surface area contributed by atoms with Gasteiger partial charge in [0.25, 0.3) is 11.8 Å². The second-order valence-electron chi connectivity index (χ2n) is 7.63. The number of hydrogen-bond donors (Lipinski definition) is 1. The van der Waals surface area contributed by atoms with Gasteiger partial charge in [-0.25, -0.2) is 0 Å². The largest absolute Gasteiger partial charge is 0.318 e. The van der Waals surface area contributed by atoms with E-state index in [0.717, 1.165) is 32.7 Å². The summed E-state index contributed by atoms with van der Waals surface area (Å²) < 4.78 is 3.10. The van der Waals surface area contributed by atoms with Crippen LogP contribution in [0.25, 0.3) is 11.8 Å². The Kier molecular flexibility index (Phi) is 6.51. The van der Waals surface area contributed by atoms with E-state index in [2.05, 4.69) is 31.9 Å². The maximum absolute atomic E-state index is 13.4. The molecule has 0 saturated carbocycles. The van der Waals surface area contributed by atoms with Crippen molar-refractivity contribution in [3.05, 3.63) is 85.1 Å². The number of anilines is 1. The fourth-order valence-electron chi connectivity index (χ4n) is 3.80. The van der Waals surface area contributed by atoms with Crippen LogP contribution in [0.5, 0.6) is 0 Å². The number of carbonyl (C=O) groups excluding carboxylic acids is 2. The highest BCUT2D eigenvalue weighted by molar-refractivity contribution is 9.10. The summed E-state index contributed by atoms with van der Waals surface area (Å²) in [5.74, 6) is -1.14. The molecule has 0 atom stereocenters. The lowest BCUT2D eigenvalue weighted by molar-refractivity contribution is -0.122. The summed E-state index contributed by atoms with van der Waals surface area (Å²) in [7, 11) is 0. The fraction of sp³-hybridized carbons (Fsp3) is 0.125. The number of thiocarbonyl (C=S) groups is 1. The molecule has 1 fully saturated rings. The molecule has 1 aliphatic rings. The van der Waals surface area contributed by atoms with Crippen LogP contribution in [-0.4, -0.2) is 21.5 Å². The van der Waals surface area contributed by atoms with Gasteiger partial charge in [0.15, 0.2) is 5.11 Å². The Morgan fingerprint density at radius 2 is 1.79 bits per heavy atom. The number of benzene rings is 2. The number of amides is 2. The minimum atomic E-state index is -0.572. The molecular weight excluding hydrogens is 545 g/mol. The Bertz CT molecular complexity index is 1380. The molecule has 1 aliphatic heterocycles. The molecule has 4 rings (SSSR count). The van der Waals surface area contributed by atoms with Crippen LogP contribution in [0.2, 0.25) is 10.0 Å². The summed E-state index contributed by atoms with van der Waals surface area (Å²) in [5, 5.41) is 2.98. The first-order valence-corrected chi connectivity index (χ1v) is 11.9. The molecule has 3 aromatic rings. The van der Waals surface area contributed by atoms with E-state index >= 15 is 0 Å². The number of aryl methyl sites for hydroxylation is 2. The molecule has 2 amide bonds. The molecule has 5 nitrogen and oxygen atoms in total. The van der Waals surface area contributed by atoms with E-state index in [1.54, 1.807) is 24.3 Å². The highest BCUT2D eigenvalue weighted by atomic mass is 79.9. The third kappa shape index (κ3) is 4.26. The van der Waals surface area contributed by atoms with E-state index in [1.165, 1.54) is 4.90 Å². The maximum atomic E-state index is 13.4. The normalized spacial score (nSPS) is 15.4. The van der Waals surface area contributed by atoms with E-state index in [4.69, 9.17) is 35.4 Å². The van der Waals surface area contributed by atoms with Gasteiger partial charge in [-0.3, -0.25) is 19.8 Å². The average Bonchev–Trinajstić information content (AvgIpc) is 3.03. The Hall–Kier alpha value is -2.45. The molecule has 0 unspecified atom stereocenters. The van der Waals surface area contributed by atoms with Crippen LogP contribution in [0.4, 0.5) is 5.69 Å². The molecule has 0 spiro atoms. The second-order valence-corrected chi connectivity index (χ2v) is 9.65. The third-order valence-corrected chi connectivity index (χ3v) is 7.43. The summed E-state index contributed by atoms with van der Waals surface area (Å²) in [6.07, 6.45) is 1.58. The fourth-order valence-corrected chi connectivity index (χ4v) is 4.70. The van der Waals surface area contributed by atoms with Crippen molar-refractivity contribution in [3.8, 4) is 5.69 Å². The number of rotatable bonds is 3. The number of nitrogens with one attached hydrogen (secondary N) is 1. The van der Waals surface area contributed by atoms with E-state index in [-0.39, 0.29) is 20.7 Å². The Balaban J connectivity index is 1.79. The lowest BCUT2D eigenvalue weighted by atomic mass is 10.1. The Morgan fingerprint density at radius 3 is 2.48 bits per heavy atom. The number of hydrogen-bond acceptors (Lipinski definition) is 3. The van der Waals surface area contributed by atoms with Crippen LogP contribution in [0.15, 0.2) is 52.5 Å². The number of carbonyl (C=O) groups is 2. The van der Waals surface area contributed by atoms with E-state index < -0.39 is 11.8 Å². The molecule has 0 bridgehead atoms. The average molecular weight is 563 g/mol. The SMILES string of the molecule is Cc1cc(-n2c(C)cc(C=C3C(=O)NC(=S)N(c4cccc(Cl)c4Cl)C3=O)c2C)ccc1Br. The van der Waals surface area contributed by atoms with Crippen molar-refractivity contribution >= 4 is 80.0 Å². The van der Waals surface area contributed by atoms with Crippen LogP contribution < -0.4 is 10.2 Å². The van der Waals surface area contributed by atoms with Gasteiger partial charge in [-0.1, -0.05) is 45.2 Å². The van der Waals surface area contributed by atoms with Gasteiger partial charge < -0.3 is 4.57 Å². The number of nitrogens with zero attached hydrogens (tertiary/aromatic N) is 2. The molecule has 0 aliphatic carbocycles. The summed E-state index contributed by atoms with van der Waals surface area (Å²) in [5.41, 5.74) is 4.95. The first-order valence-electron chi connectivity index (χ1n) is 9.91.